The molecule has 24 heteroatoms. The first-order valence-corrected chi connectivity index (χ1v) is 22.0. The van der Waals surface area contributed by atoms with Gasteiger partial charge in [-0.15, -0.1) is 0 Å². The van der Waals surface area contributed by atoms with Gasteiger partial charge in [0.2, 0.25) is 53.2 Å². The van der Waals surface area contributed by atoms with E-state index in [1.165, 1.54) is 30.5 Å². The van der Waals surface area contributed by atoms with E-state index in [1.54, 1.807) is 30.3 Å². The number of carbonyl (C=O) groups is 10. The molecule has 1 aliphatic rings. The minimum absolute atomic E-state index is 0.0518. The highest BCUT2D eigenvalue weighted by atomic mass is 32.2. The predicted molar refractivity (Wildman–Crippen MR) is 231 cm³/mol. The number of nitrogens with one attached hydrogen (secondary N) is 6. The van der Waals surface area contributed by atoms with Gasteiger partial charge in [0, 0.05) is 25.8 Å². The third-order valence-electron chi connectivity index (χ3n) is 10.2. The first kappa shape index (κ1) is 54.3. The van der Waals surface area contributed by atoms with Crippen LogP contribution in [0.15, 0.2) is 30.3 Å². The average molecular weight is 923 g/mol. The number of carboxylic acid groups (broad SMARTS) is 1. The van der Waals surface area contributed by atoms with Crippen molar-refractivity contribution in [2.75, 3.05) is 18.6 Å². The van der Waals surface area contributed by atoms with Crippen molar-refractivity contribution in [2.45, 2.75) is 133 Å². The molecule has 23 nitrogen and oxygen atoms in total. The molecule has 1 saturated heterocycles. The van der Waals surface area contributed by atoms with Crippen LogP contribution in [0, 0.1) is 0 Å². The largest absolute Gasteiger partial charge is 0.480 e. The quantitative estimate of drug-likeness (QED) is 0.0397. The Balaban J connectivity index is 2.32. The number of carbonyl (C=O) groups excluding carboxylic acids is 9. The van der Waals surface area contributed by atoms with Crippen LogP contribution in [0.4, 0.5) is 0 Å². The fourth-order valence-corrected chi connectivity index (χ4v) is 7.04. The molecule has 2 rings (SSSR count). The minimum atomic E-state index is -1.77. The zero-order valence-electron chi connectivity index (χ0n) is 36.2. The number of aliphatic hydroxyl groups excluding tert-OH is 2. The lowest BCUT2D eigenvalue weighted by Crippen LogP contribution is -2.61. The van der Waals surface area contributed by atoms with E-state index in [2.05, 4.69) is 31.9 Å². The number of amides is 9. The number of primary amides is 2. The first-order chi connectivity index (χ1) is 30.1. The third kappa shape index (κ3) is 17.7. The second-order valence-corrected chi connectivity index (χ2v) is 16.5. The topological polar surface area (TPSA) is 385 Å². The molecule has 0 bridgehead atoms. The summed E-state index contributed by atoms with van der Waals surface area (Å²) in [6.07, 6.45) is -1.98. The molecule has 1 aliphatic heterocycles. The molecule has 0 saturated carbocycles. The summed E-state index contributed by atoms with van der Waals surface area (Å²) < 4.78 is 0. The van der Waals surface area contributed by atoms with Crippen molar-refractivity contribution in [1.29, 1.82) is 0 Å². The highest BCUT2D eigenvalue weighted by Crippen LogP contribution is 2.21. The molecular formula is C40H62N10O13S. The van der Waals surface area contributed by atoms with Gasteiger partial charge in [-0.05, 0) is 70.4 Å². The molecule has 9 amide bonds. The fourth-order valence-electron chi connectivity index (χ4n) is 6.55. The van der Waals surface area contributed by atoms with Gasteiger partial charge in [0.15, 0.2) is 6.04 Å². The van der Waals surface area contributed by atoms with Crippen molar-refractivity contribution in [3.8, 4) is 0 Å². The number of rotatable bonds is 27. The number of aliphatic hydroxyl groups is 2. The maximum absolute atomic E-state index is 14.2. The van der Waals surface area contributed by atoms with Gasteiger partial charge in [0.05, 0.1) is 18.2 Å². The van der Waals surface area contributed by atoms with Gasteiger partial charge < -0.3 is 69.3 Å². The molecule has 0 radical (unpaired) electrons. The molecule has 0 aromatic heterocycles. The molecular weight excluding hydrogens is 861 g/mol. The van der Waals surface area contributed by atoms with Gasteiger partial charge in [-0.2, -0.15) is 11.8 Å². The molecule has 1 fully saturated rings. The Labute approximate surface area is 374 Å². The van der Waals surface area contributed by atoms with Crippen molar-refractivity contribution in [2.24, 2.45) is 17.2 Å². The number of nitrogens with zero attached hydrogens (tertiary/aromatic N) is 1. The first-order valence-electron chi connectivity index (χ1n) is 20.6. The van der Waals surface area contributed by atoms with Crippen LogP contribution in [-0.4, -0.2) is 158 Å². The second kappa shape index (κ2) is 26.7. The average Bonchev–Trinajstić information content (AvgIpc) is 3.73. The van der Waals surface area contributed by atoms with Crippen LogP contribution in [0.3, 0.4) is 0 Å². The Bertz CT molecular complexity index is 1820. The number of nitrogens with two attached hydrogens (primary N) is 3. The molecule has 64 heavy (non-hydrogen) atoms. The molecule has 0 unspecified atom stereocenters. The number of carboxylic acids is 1. The van der Waals surface area contributed by atoms with E-state index in [0.717, 1.165) is 6.92 Å². The zero-order valence-corrected chi connectivity index (χ0v) is 37.1. The van der Waals surface area contributed by atoms with E-state index in [0.29, 0.717) is 24.2 Å². The standard InChI is InChI=1S/C40H62N10O13S/c1-20(44-35(57)25(12-14-29(42)53)45-34(56)24(41)16-18-64-4)33(55)48-31(21(2)51)38(60)46-26(13-15-30(43)54)36(58)47-27(19-23-9-6-5-7-10-23)39(61)50-17-8-11-28(50)37(59)49-32(22(3)52)40(62)63/h5-7,9-10,20-22,24-28,31-32,51-52H,8,11-19,41H2,1-4H3,(H2,42,53)(H2,43,54)(H,44,57)(H,45,56)(H,46,60)(H,47,58)(H,48,55)(H,49,59)(H,62,63)/t20-,21+,22+,24-,25-,26-,27-,28-,31-,32-/m0/s1. The van der Waals surface area contributed by atoms with E-state index in [4.69, 9.17) is 17.2 Å². The van der Waals surface area contributed by atoms with Gasteiger partial charge in [-0.1, -0.05) is 30.3 Å². The lowest BCUT2D eigenvalue weighted by molar-refractivity contribution is -0.147. The highest BCUT2D eigenvalue weighted by Gasteiger charge is 2.41. The normalized spacial score (nSPS) is 17.7. The van der Waals surface area contributed by atoms with Crippen LogP contribution in [-0.2, 0) is 54.4 Å². The molecule has 1 aromatic carbocycles. The van der Waals surface area contributed by atoms with E-state index in [1.807, 2.05) is 6.26 Å². The SMILES string of the molecule is CSCC[C@H](N)C(=O)N[C@@H](CCC(N)=O)C(=O)N[C@@H](C)C(=O)N[C@H](C(=O)N[C@@H](CCC(N)=O)C(=O)N[C@@H](Cc1ccccc1)C(=O)N1CCC[C@H]1C(=O)N[C@H](C(=O)O)[C@@H](C)O)[C@@H](C)O. The van der Waals surface area contributed by atoms with Crippen LogP contribution < -0.4 is 49.1 Å². The molecule has 1 heterocycles. The van der Waals surface area contributed by atoms with Crippen LogP contribution in [0.1, 0.15) is 71.3 Å². The van der Waals surface area contributed by atoms with Gasteiger partial charge in [0.1, 0.15) is 36.3 Å². The molecule has 10 atom stereocenters. The number of hydrogen-bond donors (Lipinski definition) is 12. The number of likely N-dealkylation sites (tertiary alicyclic amines) is 1. The predicted octanol–water partition coefficient (Wildman–Crippen LogP) is -4.39. The Morgan fingerprint density at radius 2 is 1.23 bits per heavy atom. The van der Waals surface area contributed by atoms with Crippen molar-refractivity contribution >= 4 is 70.9 Å². The number of hydrogen-bond acceptors (Lipinski definition) is 14. The molecule has 1 aromatic rings. The Hall–Kier alpha value is -5.85. The fraction of sp³-hybridized carbons (Fsp3) is 0.600. The highest BCUT2D eigenvalue weighted by molar-refractivity contribution is 7.98. The van der Waals surface area contributed by atoms with Gasteiger partial charge in [-0.25, -0.2) is 4.79 Å². The molecule has 0 aliphatic carbocycles. The van der Waals surface area contributed by atoms with Crippen molar-refractivity contribution in [3.05, 3.63) is 35.9 Å². The van der Waals surface area contributed by atoms with Crippen LogP contribution in [0.25, 0.3) is 0 Å². The van der Waals surface area contributed by atoms with Crippen LogP contribution in [0.5, 0.6) is 0 Å². The second-order valence-electron chi connectivity index (χ2n) is 15.5. The van der Waals surface area contributed by atoms with Crippen LogP contribution >= 0.6 is 11.8 Å². The van der Waals surface area contributed by atoms with Gasteiger partial charge >= 0.3 is 5.97 Å². The molecule has 356 valence electrons. The zero-order chi connectivity index (χ0) is 48.3. The summed E-state index contributed by atoms with van der Waals surface area (Å²) in [5.41, 5.74) is 17.1. The lowest BCUT2D eigenvalue weighted by atomic mass is 10.0. The number of benzene rings is 1. The summed E-state index contributed by atoms with van der Waals surface area (Å²) in [6, 6.07) is -2.85. The minimum Gasteiger partial charge on any atom is -0.480 e. The van der Waals surface area contributed by atoms with E-state index in [-0.39, 0.29) is 32.2 Å². The van der Waals surface area contributed by atoms with Crippen LogP contribution in [0.2, 0.25) is 0 Å². The molecule has 15 N–H and O–H groups in total. The van der Waals surface area contributed by atoms with Crippen molar-refractivity contribution in [3.63, 3.8) is 0 Å². The summed E-state index contributed by atoms with van der Waals surface area (Å²) in [7, 11) is 0. The Kier molecular flexibility index (Phi) is 22.6. The van der Waals surface area contributed by atoms with E-state index >= 15 is 0 Å². The van der Waals surface area contributed by atoms with Gasteiger partial charge in [0.25, 0.3) is 0 Å². The maximum Gasteiger partial charge on any atom is 0.328 e. The Morgan fingerprint density at radius 1 is 0.703 bits per heavy atom. The van der Waals surface area contributed by atoms with Crippen molar-refractivity contribution in [1.82, 2.24) is 36.8 Å². The third-order valence-corrected chi connectivity index (χ3v) is 10.8. The summed E-state index contributed by atoms with van der Waals surface area (Å²) >= 11 is 1.45. The summed E-state index contributed by atoms with van der Waals surface area (Å²) in [6.45, 7) is 3.62. The summed E-state index contributed by atoms with van der Waals surface area (Å²) in [5, 5.41) is 44.3. The monoisotopic (exact) mass is 922 g/mol. The van der Waals surface area contributed by atoms with E-state index < -0.39 is 133 Å². The Morgan fingerprint density at radius 3 is 1.75 bits per heavy atom. The summed E-state index contributed by atoms with van der Waals surface area (Å²) in [4.78, 5) is 131. The number of aliphatic carboxylic acids is 1. The van der Waals surface area contributed by atoms with Crippen molar-refractivity contribution < 1.29 is 63.3 Å². The van der Waals surface area contributed by atoms with E-state index in [9.17, 15) is 63.3 Å². The summed E-state index contributed by atoms with van der Waals surface area (Å²) in [5.74, 6) is -8.81. The lowest BCUT2D eigenvalue weighted by Gasteiger charge is -2.31. The maximum atomic E-state index is 14.2. The number of thioether (sulfide) groups is 1. The van der Waals surface area contributed by atoms with Gasteiger partial charge in [-0.3, -0.25) is 43.2 Å². The molecule has 0 spiro atoms. The smallest absolute Gasteiger partial charge is 0.328 e.